The monoisotopic (exact) mass is 518 g/mol. The molecule has 0 unspecified atom stereocenters. The van der Waals surface area contributed by atoms with Crippen molar-refractivity contribution in [1.29, 1.82) is 0 Å². The van der Waals surface area contributed by atoms with Gasteiger partial charge in [-0.05, 0) is 66.9 Å². The molecule has 8 nitrogen and oxygen atoms in total. The van der Waals surface area contributed by atoms with Crippen LogP contribution in [0.1, 0.15) is 21.5 Å². The number of anilines is 3. The fraction of sp³-hybridized carbons (Fsp3) is 0.214. The predicted octanol–water partition coefficient (Wildman–Crippen LogP) is 4.80. The number of para-hydroxylation sites is 1. The van der Waals surface area contributed by atoms with Crippen LogP contribution in [0.2, 0.25) is 5.02 Å². The first-order valence-electron chi connectivity index (χ1n) is 11.6. The minimum absolute atomic E-state index is 0.163. The lowest BCUT2D eigenvalue weighted by molar-refractivity contribution is -0.115. The summed E-state index contributed by atoms with van der Waals surface area (Å²) in [4.78, 5) is 47.3. The van der Waals surface area contributed by atoms with E-state index in [-0.39, 0.29) is 22.0 Å². The second-order valence-corrected chi connectivity index (χ2v) is 9.21. The summed E-state index contributed by atoms with van der Waals surface area (Å²) in [6.07, 6.45) is 0.681. The van der Waals surface area contributed by atoms with E-state index in [1.807, 2.05) is 62.3 Å². The number of nitrogens with zero attached hydrogens (tertiary/aromatic N) is 3. The smallest absolute Gasteiger partial charge is 0.337 e. The molecule has 3 aromatic rings. The number of carbonyl (C=O) groups is 3. The fourth-order valence-electron chi connectivity index (χ4n) is 4.08. The van der Waals surface area contributed by atoms with Gasteiger partial charge in [0.1, 0.15) is 0 Å². The minimum Gasteiger partial charge on any atom is -0.465 e. The number of methoxy groups -OCH3 is 1. The Labute approximate surface area is 220 Å². The van der Waals surface area contributed by atoms with Gasteiger partial charge in [-0.2, -0.15) is 0 Å². The highest BCUT2D eigenvalue weighted by atomic mass is 35.5. The number of halogens is 1. The van der Waals surface area contributed by atoms with E-state index >= 15 is 0 Å². The molecule has 2 amide bonds. The molecule has 0 bridgehead atoms. The number of nitrogens with one attached hydrogen (secondary N) is 1. The van der Waals surface area contributed by atoms with Gasteiger partial charge in [0.05, 0.1) is 29.1 Å². The van der Waals surface area contributed by atoms with Crippen LogP contribution in [-0.4, -0.2) is 51.2 Å². The molecule has 9 heteroatoms. The largest absolute Gasteiger partial charge is 0.465 e. The van der Waals surface area contributed by atoms with Gasteiger partial charge in [0, 0.05) is 32.0 Å². The molecule has 0 saturated heterocycles. The molecule has 1 aliphatic heterocycles. The standard InChI is InChI=1S/C28H27ClN4O4/c1-17-15-20(32(2)3)10-12-22(17)30-25(27(35)33-14-13-18-7-5-6-8-24(18)33)26(34)31-23-16-19(28(36)37-4)9-11-21(23)29/h5-12,15-16H,13-14H2,1-4H3,(H,31,34). The van der Waals surface area contributed by atoms with E-state index in [2.05, 4.69) is 10.3 Å². The van der Waals surface area contributed by atoms with Crippen molar-refractivity contribution in [3.8, 4) is 0 Å². The van der Waals surface area contributed by atoms with Gasteiger partial charge in [-0.15, -0.1) is 0 Å². The van der Waals surface area contributed by atoms with E-state index in [0.29, 0.717) is 18.7 Å². The topological polar surface area (TPSA) is 91.3 Å². The number of benzene rings is 3. The lowest BCUT2D eigenvalue weighted by atomic mass is 10.1. The second-order valence-electron chi connectivity index (χ2n) is 8.80. The number of amides is 2. The van der Waals surface area contributed by atoms with Crippen LogP contribution in [-0.2, 0) is 20.7 Å². The first-order chi connectivity index (χ1) is 17.7. The Balaban J connectivity index is 1.75. The summed E-state index contributed by atoms with van der Waals surface area (Å²) in [7, 11) is 5.12. The van der Waals surface area contributed by atoms with E-state index < -0.39 is 17.8 Å². The summed E-state index contributed by atoms with van der Waals surface area (Å²) in [6.45, 7) is 2.30. The van der Waals surface area contributed by atoms with Crippen molar-refractivity contribution < 1.29 is 19.1 Å². The van der Waals surface area contributed by atoms with Gasteiger partial charge in [0.25, 0.3) is 11.8 Å². The number of hydrogen-bond donors (Lipinski definition) is 1. The van der Waals surface area contributed by atoms with Gasteiger partial charge in [0.2, 0.25) is 0 Å². The Kier molecular flexibility index (Phi) is 7.59. The summed E-state index contributed by atoms with van der Waals surface area (Å²) in [6, 6.07) is 17.5. The van der Waals surface area contributed by atoms with Crippen LogP contribution in [0.15, 0.2) is 65.7 Å². The first-order valence-corrected chi connectivity index (χ1v) is 12.0. The first kappa shape index (κ1) is 25.9. The second kappa shape index (κ2) is 10.8. The molecule has 4 rings (SSSR count). The molecule has 0 atom stereocenters. The average Bonchev–Trinajstić information content (AvgIpc) is 3.32. The summed E-state index contributed by atoms with van der Waals surface area (Å²) in [5, 5.41) is 2.86. The van der Waals surface area contributed by atoms with Crippen molar-refractivity contribution >= 4 is 57.8 Å². The molecule has 0 spiro atoms. The average molecular weight is 519 g/mol. The molecule has 0 fully saturated rings. The molecule has 0 radical (unpaired) electrons. The third-order valence-electron chi connectivity index (χ3n) is 6.11. The van der Waals surface area contributed by atoms with E-state index in [1.165, 1.54) is 25.3 Å². The molecule has 1 heterocycles. The van der Waals surface area contributed by atoms with Crippen LogP contribution in [0.4, 0.5) is 22.7 Å². The molecular formula is C28H27ClN4O4. The Morgan fingerprint density at radius 3 is 2.51 bits per heavy atom. The molecule has 190 valence electrons. The third kappa shape index (κ3) is 5.49. The highest BCUT2D eigenvalue weighted by molar-refractivity contribution is 6.69. The molecule has 37 heavy (non-hydrogen) atoms. The maximum atomic E-state index is 13.8. The highest BCUT2D eigenvalue weighted by Crippen LogP contribution is 2.30. The summed E-state index contributed by atoms with van der Waals surface area (Å²) in [5.74, 6) is -1.85. The quantitative estimate of drug-likeness (QED) is 0.287. The van der Waals surface area contributed by atoms with Crippen LogP contribution < -0.4 is 15.1 Å². The number of aryl methyl sites for hydroxylation is 1. The Morgan fingerprint density at radius 2 is 1.81 bits per heavy atom. The van der Waals surface area contributed by atoms with Crippen LogP contribution in [0.3, 0.4) is 0 Å². The van der Waals surface area contributed by atoms with Crippen LogP contribution in [0.25, 0.3) is 0 Å². The molecule has 0 saturated carbocycles. The number of fused-ring (bicyclic) bond motifs is 1. The van der Waals surface area contributed by atoms with Crippen molar-refractivity contribution in [2.24, 2.45) is 4.99 Å². The Morgan fingerprint density at radius 1 is 1.05 bits per heavy atom. The number of carbonyl (C=O) groups excluding carboxylic acids is 3. The summed E-state index contributed by atoms with van der Waals surface area (Å²) < 4.78 is 4.76. The normalized spacial score (nSPS) is 12.7. The summed E-state index contributed by atoms with van der Waals surface area (Å²) >= 11 is 6.29. The lowest BCUT2D eigenvalue weighted by Crippen LogP contribution is -2.41. The van der Waals surface area contributed by atoms with Gasteiger partial charge in [-0.3, -0.25) is 9.59 Å². The van der Waals surface area contributed by atoms with Crippen molar-refractivity contribution in [2.45, 2.75) is 13.3 Å². The summed E-state index contributed by atoms with van der Waals surface area (Å²) in [5.41, 5.74) is 4.11. The zero-order valence-corrected chi connectivity index (χ0v) is 21.8. The zero-order chi connectivity index (χ0) is 26.7. The minimum atomic E-state index is -0.741. The Bertz CT molecular complexity index is 1420. The third-order valence-corrected chi connectivity index (χ3v) is 6.44. The van der Waals surface area contributed by atoms with Crippen molar-refractivity contribution in [2.75, 3.05) is 42.9 Å². The number of esters is 1. The van der Waals surface area contributed by atoms with E-state index in [9.17, 15) is 14.4 Å². The zero-order valence-electron chi connectivity index (χ0n) is 21.0. The lowest BCUT2D eigenvalue weighted by Gasteiger charge is -2.19. The van der Waals surface area contributed by atoms with E-state index in [0.717, 1.165) is 22.5 Å². The van der Waals surface area contributed by atoms with Crippen molar-refractivity contribution in [1.82, 2.24) is 0 Å². The van der Waals surface area contributed by atoms with Gasteiger partial charge in [0.15, 0.2) is 5.71 Å². The Hall–Kier alpha value is -4.17. The van der Waals surface area contributed by atoms with Crippen LogP contribution >= 0.6 is 11.6 Å². The van der Waals surface area contributed by atoms with Crippen LogP contribution in [0.5, 0.6) is 0 Å². The van der Waals surface area contributed by atoms with Crippen molar-refractivity contribution in [3.63, 3.8) is 0 Å². The van der Waals surface area contributed by atoms with Crippen molar-refractivity contribution in [3.05, 3.63) is 82.4 Å². The molecule has 1 N–H and O–H groups in total. The van der Waals surface area contributed by atoms with Gasteiger partial charge in [-0.25, -0.2) is 9.79 Å². The number of rotatable bonds is 6. The molecule has 3 aromatic carbocycles. The molecule has 0 aromatic heterocycles. The van der Waals surface area contributed by atoms with Gasteiger partial charge in [-0.1, -0.05) is 29.8 Å². The molecular weight excluding hydrogens is 492 g/mol. The number of aliphatic imine (C=N–C) groups is 1. The molecule has 1 aliphatic rings. The maximum Gasteiger partial charge on any atom is 0.337 e. The maximum absolute atomic E-state index is 13.8. The number of hydrogen-bond acceptors (Lipinski definition) is 6. The fourth-order valence-corrected chi connectivity index (χ4v) is 4.25. The van der Waals surface area contributed by atoms with Gasteiger partial charge < -0.3 is 19.9 Å². The van der Waals surface area contributed by atoms with Gasteiger partial charge >= 0.3 is 5.97 Å². The van der Waals surface area contributed by atoms with E-state index in [4.69, 9.17) is 16.3 Å². The van der Waals surface area contributed by atoms with E-state index in [1.54, 1.807) is 11.0 Å². The predicted molar refractivity (Wildman–Crippen MR) is 147 cm³/mol. The highest BCUT2D eigenvalue weighted by Gasteiger charge is 2.32. The van der Waals surface area contributed by atoms with Crippen LogP contribution in [0, 0.1) is 6.92 Å². The SMILES string of the molecule is COC(=O)c1ccc(Cl)c(NC(=O)C(=Nc2ccc(N(C)C)cc2C)C(=O)N2CCc3ccccc32)c1. The molecule has 0 aliphatic carbocycles. The number of ether oxygens (including phenoxy) is 1.